The molecule has 1 amide bonds. The molecule has 0 aliphatic carbocycles. The number of hydrogen-bond acceptors (Lipinski definition) is 4. The van der Waals surface area contributed by atoms with Crippen LogP contribution in [0.3, 0.4) is 0 Å². The van der Waals surface area contributed by atoms with E-state index in [0.29, 0.717) is 24.4 Å². The summed E-state index contributed by atoms with van der Waals surface area (Å²) in [6.07, 6.45) is -1.43. The highest BCUT2D eigenvalue weighted by atomic mass is 32.1. The van der Waals surface area contributed by atoms with E-state index in [0.717, 1.165) is 34.7 Å². The summed E-state index contributed by atoms with van der Waals surface area (Å²) in [6, 6.07) is 6.99. The van der Waals surface area contributed by atoms with Crippen LogP contribution in [0.5, 0.6) is 0 Å². The minimum absolute atomic E-state index is 0.132. The van der Waals surface area contributed by atoms with Crippen molar-refractivity contribution in [2.45, 2.75) is 24.9 Å². The summed E-state index contributed by atoms with van der Waals surface area (Å²) in [5, 5.41) is 0.837. The summed E-state index contributed by atoms with van der Waals surface area (Å²) in [4.78, 5) is 18.5. The highest BCUT2D eigenvalue weighted by Gasteiger charge is 2.31. The summed E-state index contributed by atoms with van der Waals surface area (Å²) in [5.41, 5.74) is -0.297. The van der Waals surface area contributed by atoms with E-state index in [2.05, 4.69) is 4.98 Å². The minimum Gasteiger partial charge on any atom is -0.459 e. The molecular formula is C18H15F3N2O2S. The number of furan rings is 1. The molecule has 1 saturated heterocycles. The topological polar surface area (TPSA) is 46.3 Å². The van der Waals surface area contributed by atoms with Crippen molar-refractivity contribution in [3.8, 4) is 0 Å². The number of amides is 1. The molecule has 0 spiro atoms. The van der Waals surface area contributed by atoms with E-state index in [1.54, 1.807) is 17.0 Å². The number of thiazole rings is 1. The Morgan fingerprint density at radius 2 is 2.00 bits per heavy atom. The molecule has 3 heterocycles. The van der Waals surface area contributed by atoms with E-state index >= 15 is 0 Å². The summed E-state index contributed by atoms with van der Waals surface area (Å²) < 4.78 is 44.4. The second kappa shape index (κ2) is 6.42. The number of halogens is 3. The van der Waals surface area contributed by atoms with Crippen molar-refractivity contribution in [3.63, 3.8) is 0 Å². The zero-order valence-corrected chi connectivity index (χ0v) is 14.4. The molecule has 0 N–H and O–H groups in total. The second-order valence-corrected chi connectivity index (χ2v) is 7.34. The Balaban J connectivity index is 1.48. The van der Waals surface area contributed by atoms with E-state index < -0.39 is 11.7 Å². The Kier molecular flexibility index (Phi) is 4.22. The molecule has 3 aromatic rings. The predicted molar refractivity (Wildman–Crippen MR) is 91.2 cm³/mol. The van der Waals surface area contributed by atoms with Gasteiger partial charge in [0.25, 0.3) is 5.91 Å². The van der Waals surface area contributed by atoms with Crippen molar-refractivity contribution in [2.24, 2.45) is 0 Å². The normalized spacial score (nSPS) is 16.3. The molecule has 1 aliphatic rings. The first-order chi connectivity index (χ1) is 12.4. The fourth-order valence-corrected chi connectivity index (χ4v) is 4.30. The molecule has 136 valence electrons. The van der Waals surface area contributed by atoms with Gasteiger partial charge in [-0.15, -0.1) is 11.3 Å². The zero-order chi connectivity index (χ0) is 18.3. The van der Waals surface area contributed by atoms with Gasteiger partial charge in [0.2, 0.25) is 0 Å². The number of aromatic nitrogens is 1. The highest BCUT2D eigenvalue weighted by Crippen LogP contribution is 2.37. The molecule has 1 fully saturated rings. The van der Waals surface area contributed by atoms with Crippen LogP contribution in [-0.4, -0.2) is 28.9 Å². The zero-order valence-electron chi connectivity index (χ0n) is 13.6. The van der Waals surface area contributed by atoms with Gasteiger partial charge in [0, 0.05) is 19.0 Å². The Bertz CT molecular complexity index is 926. The maximum absolute atomic E-state index is 12.8. The molecule has 26 heavy (non-hydrogen) atoms. The predicted octanol–water partition coefficient (Wildman–Crippen LogP) is 4.93. The van der Waals surface area contributed by atoms with E-state index in [4.69, 9.17) is 4.42 Å². The summed E-state index contributed by atoms with van der Waals surface area (Å²) in [7, 11) is 0. The van der Waals surface area contributed by atoms with E-state index in [9.17, 15) is 18.0 Å². The van der Waals surface area contributed by atoms with Crippen LogP contribution in [0.25, 0.3) is 10.2 Å². The third-order valence-electron chi connectivity index (χ3n) is 4.59. The monoisotopic (exact) mass is 380 g/mol. The Labute approximate surface area is 151 Å². The lowest BCUT2D eigenvalue weighted by molar-refractivity contribution is -0.137. The number of likely N-dealkylation sites (tertiary alicyclic amines) is 1. The van der Waals surface area contributed by atoms with Crippen molar-refractivity contribution >= 4 is 27.5 Å². The molecule has 0 atom stereocenters. The quantitative estimate of drug-likeness (QED) is 0.633. The standard InChI is InChI=1S/C18H15F3N2O2S/c19-18(20,21)12-3-4-15-13(10-12)22-16(26-15)11-5-7-23(8-6-11)17(24)14-2-1-9-25-14/h1-4,9-11H,5-8H2. The lowest BCUT2D eigenvalue weighted by Gasteiger charge is -2.30. The first kappa shape index (κ1) is 17.1. The molecule has 0 bridgehead atoms. The van der Waals surface area contributed by atoms with Gasteiger partial charge in [0.15, 0.2) is 5.76 Å². The SMILES string of the molecule is O=C(c1ccco1)N1CCC(c2nc3cc(C(F)(F)F)ccc3s2)CC1. The number of alkyl halides is 3. The molecule has 0 saturated carbocycles. The summed E-state index contributed by atoms with van der Waals surface area (Å²) >= 11 is 1.43. The minimum atomic E-state index is -4.37. The highest BCUT2D eigenvalue weighted by molar-refractivity contribution is 7.18. The summed E-state index contributed by atoms with van der Waals surface area (Å²) in [5.74, 6) is 0.345. The second-order valence-electron chi connectivity index (χ2n) is 6.28. The summed E-state index contributed by atoms with van der Waals surface area (Å²) in [6.45, 7) is 1.15. The fraction of sp³-hybridized carbons (Fsp3) is 0.333. The van der Waals surface area contributed by atoms with Crippen LogP contribution < -0.4 is 0 Å². The van der Waals surface area contributed by atoms with Gasteiger partial charge in [0.1, 0.15) is 0 Å². The van der Waals surface area contributed by atoms with E-state index in [1.165, 1.54) is 23.7 Å². The number of fused-ring (bicyclic) bond motifs is 1. The lowest BCUT2D eigenvalue weighted by Crippen LogP contribution is -2.37. The van der Waals surface area contributed by atoms with Gasteiger partial charge in [-0.1, -0.05) is 0 Å². The lowest BCUT2D eigenvalue weighted by atomic mass is 9.97. The number of carbonyl (C=O) groups is 1. The molecular weight excluding hydrogens is 365 g/mol. The average molecular weight is 380 g/mol. The van der Waals surface area contributed by atoms with Crippen molar-refractivity contribution < 1.29 is 22.4 Å². The molecule has 4 nitrogen and oxygen atoms in total. The third kappa shape index (κ3) is 3.21. The van der Waals surface area contributed by atoms with Gasteiger partial charge in [-0.05, 0) is 43.2 Å². The van der Waals surface area contributed by atoms with Gasteiger partial charge >= 0.3 is 6.18 Å². The molecule has 1 aromatic carbocycles. The van der Waals surface area contributed by atoms with Crippen LogP contribution in [-0.2, 0) is 6.18 Å². The smallest absolute Gasteiger partial charge is 0.416 e. The number of rotatable bonds is 2. The molecule has 0 unspecified atom stereocenters. The van der Waals surface area contributed by atoms with Crippen molar-refractivity contribution in [1.29, 1.82) is 0 Å². The van der Waals surface area contributed by atoms with Crippen LogP contribution in [0.4, 0.5) is 13.2 Å². The maximum atomic E-state index is 12.8. The maximum Gasteiger partial charge on any atom is 0.416 e. The number of carbonyl (C=O) groups excluding carboxylic acids is 1. The Morgan fingerprint density at radius 1 is 1.23 bits per heavy atom. The van der Waals surface area contributed by atoms with Crippen LogP contribution in [0.2, 0.25) is 0 Å². The van der Waals surface area contributed by atoms with Crippen molar-refractivity contribution in [1.82, 2.24) is 9.88 Å². The van der Waals surface area contributed by atoms with Crippen LogP contribution in [0.1, 0.15) is 39.9 Å². The third-order valence-corrected chi connectivity index (χ3v) is 5.79. The molecule has 8 heteroatoms. The molecule has 4 rings (SSSR count). The number of benzene rings is 1. The van der Waals surface area contributed by atoms with Gasteiger partial charge < -0.3 is 9.32 Å². The van der Waals surface area contributed by atoms with Gasteiger partial charge in [-0.2, -0.15) is 13.2 Å². The largest absolute Gasteiger partial charge is 0.459 e. The Hall–Kier alpha value is -2.35. The van der Waals surface area contributed by atoms with Crippen LogP contribution in [0, 0.1) is 0 Å². The van der Waals surface area contributed by atoms with Crippen molar-refractivity contribution in [3.05, 3.63) is 52.9 Å². The number of nitrogens with zero attached hydrogens (tertiary/aromatic N) is 2. The number of hydrogen-bond donors (Lipinski definition) is 0. The van der Waals surface area contributed by atoms with Crippen LogP contribution in [0.15, 0.2) is 41.0 Å². The van der Waals surface area contributed by atoms with Gasteiger partial charge in [-0.3, -0.25) is 4.79 Å². The molecule has 0 radical (unpaired) electrons. The average Bonchev–Trinajstić information content (AvgIpc) is 3.29. The van der Waals surface area contributed by atoms with Crippen LogP contribution >= 0.6 is 11.3 Å². The first-order valence-electron chi connectivity index (χ1n) is 8.22. The Morgan fingerprint density at radius 3 is 2.65 bits per heavy atom. The van der Waals surface area contributed by atoms with Crippen molar-refractivity contribution in [2.75, 3.05) is 13.1 Å². The molecule has 1 aliphatic heterocycles. The van der Waals surface area contributed by atoms with Gasteiger partial charge in [-0.25, -0.2) is 4.98 Å². The van der Waals surface area contributed by atoms with E-state index in [-0.39, 0.29) is 11.8 Å². The number of piperidine rings is 1. The first-order valence-corrected chi connectivity index (χ1v) is 9.04. The van der Waals surface area contributed by atoms with Gasteiger partial charge in [0.05, 0.1) is 27.1 Å². The fourth-order valence-electron chi connectivity index (χ4n) is 3.18. The van der Waals surface area contributed by atoms with E-state index in [1.807, 2.05) is 0 Å². The molecule has 2 aromatic heterocycles.